The first-order valence-corrected chi connectivity index (χ1v) is 8.08. The third-order valence-electron chi connectivity index (χ3n) is 4.06. The van der Waals surface area contributed by atoms with Gasteiger partial charge in [0.1, 0.15) is 17.3 Å². The van der Waals surface area contributed by atoms with Crippen molar-refractivity contribution in [3.05, 3.63) is 47.8 Å². The second kappa shape index (κ2) is 6.27. The van der Waals surface area contributed by atoms with E-state index < -0.39 is 11.9 Å². The number of phenols is 1. The maximum Gasteiger partial charge on any atom is 0.267 e. The van der Waals surface area contributed by atoms with E-state index in [1.54, 1.807) is 18.2 Å². The van der Waals surface area contributed by atoms with Crippen LogP contribution in [0.25, 0.3) is 0 Å². The Bertz CT molecular complexity index is 815. The fraction of sp³-hybridized carbons (Fsp3) is 0.316. The van der Waals surface area contributed by atoms with Crippen LogP contribution < -0.4 is 15.4 Å². The molecule has 1 atom stereocenters. The highest BCUT2D eigenvalue weighted by molar-refractivity contribution is 5.95. The molecule has 5 nitrogen and oxygen atoms in total. The Labute approximate surface area is 145 Å². The number of amides is 1. The van der Waals surface area contributed by atoms with E-state index in [9.17, 15) is 14.3 Å². The summed E-state index contributed by atoms with van der Waals surface area (Å²) in [6.45, 7) is 6.27. The lowest BCUT2D eigenvalue weighted by molar-refractivity contribution is -0.122. The average molecular weight is 344 g/mol. The molecule has 0 radical (unpaired) electrons. The van der Waals surface area contributed by atoms with Crippen LogP contribution in [-0.4, -0.2) is 23.7 Å². The summed E-state index contributed by atoms with van der Waals surface area (Å²) in [5.41, 5.74) is 1.73. The van der Waals surface area contributed by atoms with Gasteiger partial charge >= 0.3 is 0 Å². The second-order valence-corrected chi connectivity index (χ2v) is 7.10. The summed E-state index contributed by atoms with van der Waals surface area (Å²) in [5, 5.41) is 15.9. The number of aromatic hydroxyl groups is 1. The van der Waals surface area contributed by atoms with E-state index in [4.69, 9.17) is 4.74 Å². The summed E-state index contributed by atoms with van der Waals surface area (Å²) in [5.74, 6) is -0.368. The van der Waals surface area contributed by atoms with Crippen LogP contribution in [0.3, 0.4) is 0 Å². The molecule has 0 aliphatic carbocycles. The minimum atomic E-state index is -0.793. The van der Waals surface area contributed by atoms with Gasteiger partial charge in [0.05, 0.1) is 12.2 Å². The number of nitrogens with one attached hydrogen (secondary N) is 2. The zero-order valence-corrected chi connectivity index (χ0v) is 14.4. The van der Waals surface area contributed by atoms with Crippen LogP contribution in [0.1, 0.15) is 26.3 Å². The van der Waals surface area contributed by atoms with Gasteiger partial charge in [-0.05, 0) is 29.2 Å². The number of halogens is 1. The Morgan fingerprint density at radius 1 is 1.28 bits per heavy atom. The molecule has 0 unspecified atom stereocenters. The van der Waals surface area contributed by atoms with E-state index >= 15 is 0 Å². The maximum absolute atomic E-state index is 13.3. The van der Waals surface area contributed by atoms with Crippen LogP contribution in [-0.2, 0) is 10.2 Å². The first kappa shape index (κ1) is 17.1. The molecule has 25 heavy (non-hydrogen) atoms. The molecule has 3 rings (SSSR count). The zero-order chi connectivity index (χ0) is 18.2. The predicted octanol–water partition coefficient (Wildman–Crippen LogP) is 3.64. The molecular weight excluding hydrogens is 323 g/mol. The van der Waals surface area contributed by atoms with Crippen molar-refractivity contribution in [2.24, 2.45) is 0 Å². The largest absolute Gasteiger partial charge is 0.508 e. The number of fused-ring (bicyclic) bond motifs is 1. The molecule has 132 valence electrons. The van der Waals surface area contributed by atoms with Gasteiger partial charge in [-0.25, -0.2) is 4.39 Å². The Morgan fingerprint density at radius 2 is 2.04 bits per heavy atom. The molecule has 2 aromatic rings. The number of hydrogen-bond acceptors (Lipinski definition) is 4. The highest BCUT2D eigenvalue weighted by Gasteiger charge is 2.27. The average Bonchev–Trinajstić information content (AvgIpc) is 2.52. The topological polar surface area (TPSA) is 70.6 Å². The van der Waals surface area contributed by atoms with Crippen LogP contribution in [0.4, 0.5) is 15.8 Å². The van der Waals surface area contributed by atoms with Crippen molar-refractivity contribution >= 4 is 17.3 Å². The number of ether oxygens (including phenoxy) is 1. The number of rotatable bonds is 2. The Kier molecular flexibility index (Phi) is 4.29. The fourth-order valence-corrected chi connectivity index (χ4v) is 2.75. The fourth-order valence-electron chi connectivity index (χ4n) is 2.75. The first-order valence-electron chi connectivity index (χ1n) is 8.08. The van der Waals surface area contributed by atoms with Crippen molar-refractivity contribution in [3.63, 3.8) is 0 Å². The van der Waals surface area contributed by atoms with Crippen LogP contribution in [0.5, 0.6) is 11.5 Å². The Morgan fingerprint density at radius 3 is 2.72 bits per heavy atom. The lowest BCUT2D eigenvalue weighted by atomic mass is 9.86. The molecular formula is C19H21FN2O3. The quantitative estimate of drug-likeness (QED) is 0.778. The van der Waals surface area contributed by atoms with Crippen molar-refractivity contribution in [1.29, 1.82) is 0 Å². The summed E-state index contributed by atoms with van der Waals surface area (Å²) in [6.07, 6.45) is -0.793. The van der Waals surface area contributed by atoms with Gasteiger partial charge in [-0.15, -0.1) is 0 Å². The Balaban J connectivity index is 1.72. The number of hydrogen-bond donors (Lipinski definition) is 3. The van der Waals surface area contributed by atoms with Gasteiger partial charge in [0.2, 0.25) is 0 Å². The first-order chi connectivity index (χ1) is 11.7. The standard InChI is InChI=1S/C19H21FN2O3/c1-19(2,3)13-6-5-12(9-15(13)23)22-18(24)17-10-21-14-7-4-11(20)8-16(14)25-17/h4-9,17,21,23H,10H2,1-3H3,(H,22,24)/t17-/m1/s1. The molecule has 6 heteroatoms. The van der Waals surface area contributed by atoms with Gasteiger partial charge in [-0.3, -0.25) is 4.79 Å². The van der Waals surface area contributed by atoms with Crippen molar-refractivity contribution in [3.8, 4) is 11.5 Å². The third-order valence-corrected chi connectivity index (χ3v) is 4.06. The van der Waals surface area contributed by atoms with Crippen LogP contribution in [0.15, 0.2) is 36.4 Å². The molecule has 0 fully saturated rings. The van der Waals surface area contributed by atoms with Gasteiger partial charge in [-0.2, -0.15) is 0 Å². The minimum absolute atomic E-state index is 0.125. The summed E-state index contributed by atoms with van der Waals surface area (Å²) < 4.78 is 18.9. The normalized spacial score (nSPS) is 16.4. The van der Waals surface area contributed by atoms with Crippen molar-refractivity contribution < 1.29 is 19.0 Å². The molecule has 1 aliphatic heterocycles. The van der Waals surface area contributed by atoms with Crippen LogP contribution in [0.2, 0.25) is 0 Å². The number of carbonyl (C=O) groups is 1. The molecule has 0 bridgehead atoms. The number of anilines is 2. The molecule has 0 saturated carbocycles. The Hall–Kier alpha value is -2.76. The summed E-state index contributed by atoms with van der Waals surface area (Å²) in [7, 11) is 0. The molecule has 3 N–H and O–H groups in total. The van der Waals surface area contributed by atoms with Crippen LogP contribution in [0, 0.1) is 5.82 Å². The minimum Gasteiger partial charge on any atom is -0.508 e. The van der Waals surface area contributed by atoms with Crippen LogP contribution >= 0.6 is 0 Å². The maximum atomic E-state index is 13.3. The summed E-state index contributed by atoms with van der Waals surface area (Å²) in [4.78, 5) is 12.4. The molecule has 1 amide bonds. The van der Waals surface area contributed by atoms with E-state index in [1.807, 2.05) is 20.8 Å². The van der Waals surface area contributed by atoms with Gasteiger partial charge in [0, 0.05) is 17.8 Å². The number of carbonyl (C=O) groups excluding carboxylic acids is 1. The lowest BCUT2D eigenvalue weighted by Crippen LogP contribution is -2.41. The monoisotopic (exact) mass is 344 g/mol. The van der Waals surface area contributed by atoms with Crippen molar-refractivity contribution in [2.75, 3.05) is 17.2 Å². The van der Waals surface area contributed by atoms with E-state index in [0.717, 1.165) is 5.56 Å². The molecule has 1 heterocycles. The van der Waals surface area contributed by atoms with E-state index in [1.165, 1.54) is 18.2 Å². The molecule has 0 saturated heterocycles. The number of benzene rings is 2. The van der Waals surface area contributed by atoms with E-state index in [2.05, 4.69) is 10.6 Å². The highest BCUT2D eigenvalue weighted by atomic mass is 19.1. The predicted molar refractivity (Wildman–Crippen MR) is 94.7 cm³/mol. The summed E-state index contributed by atoms with van der Waals surface area (Å²) >= 11 is 0. The molecule has 0 aromatic heterocycles. The number of phenolic OH excluding ortho intramolecular Hbond substituents is 1. The van der Waals surface area contributed by atoms with E-state index in [0.29, 0.717) is 17.1 Å². The molecule has 1 aliphatic rings. The summed E-state index contributed by atoms with van der Waals surface area (Å²) in [6, 6.07) is 9.18. The van der Waals surface area contributed by atoms with Gasteiger partial charge < -0.3 is 20.5 Å². The third kappa shape index (κ3) is 3.68. The SMILES string of the molecule is CC(C)(C)c1ccc(NC(=O)[C@H]2CNc3ccc(F)cc3O2)cc1O. The smallest absolute Gasteiger partial charge is 0.267 e. The van der Waals surface area contributed by atoms with Gasteiger partial charge in [-0.1, -0.05) is 26.8 Å². The molecule has 0 spiro atoms. The van der Waals surface area contributed by atoms with Crippen molar-refractivity contribution in [1.82, 2.24) is 0 Å². The highest BCUT2D eigenvalue weighted by Crippen LogP contribution is 2.33. The molecule has 2 aromatic carbocycles. The lowest BCUT2D eigenvalue weighted by Gasteiger charge is -2.26. The van der Waals surface area contributed by atoms with Crippen molar-refractivity contribution in [2.45, 2.75) is 32.3 Å². The van der Waals surface area contributed by atoms with Gasteiger partial charge in [0.25, 0.3) is 5.91 Å². The second-order valence-electron chi connectivity index (χ2n) is 7.10. The van der Waals surface area contributed by atoms with E-state index in [-0.39, 0.29) is 23.6 Å². The van der Waals surface area contributed by atoms with Gasteiger partial charge in [0.15, 0.2) is 6.10 Å². The zero-order valence-electron chi connectivity index (χ0n) is 14.4.